The molecule has 0 aliphatic rings. The van der Waals surface area contributed by atoms with Crippen LogP contribution in [0.5, 0.6) is 0 Å². The van der Waals surface area contributed by atoms with Gasteiger partial charge < -0.3 is 0 Å². The zero-order valence-electron chi connectivity index (χ0n) is 11.8. The molecule has 114 valence electrons. The standard InChI is InChI=1S/C17H11ClN2OS2/c18-10-4-3-5-11(8-10)19-20-17(21)15-9-14-16(23-15)12-6-1-2-7-13(12)22-14/h1-9,19H,(H,20,21). The third-order valence-corrected chi connectivity index (χ3v) is 6.07. The molecule has 0 aliphatic carbocycles. The molecule has 0 fully saturated rings. The summed E-state index contributed by atoms with van der Waals surface area (Å²) in [4.78, 5) is 13.0. The van der Waals surface area contributed by atoms with E-state index in [2.05, 4.69) is 23.0 Å². The van der Waals surface area contributed by atoms with Crippen molar-refractivity contribution in [1.29, 1.82) is 0 Å². The first-order valence-corrected chi connectivity index (χ1v) is 8.95. The fraction of sp³-hybridized carbons (Fsp3) is 0. The maximum absolute atomic E-state index is 12.3. The lowest BCUT2D eigenvalue weighted by Crippen LogP contribution is -2.28. The van der Waals surface area contributed by atoms with Crippen molar-refractivity contribution in [2.75, 3.05) is 5.43 Å². The fourth-order valence-electron chi connectivity index (χ4n) is 2.37. The molecule has 0 saturated heterocycles. The van der Waals surface area contributed by atoms with Gasteiger partial charge in [0.25, 0.3) is 5.91 Å². The third-order valence-electron chi connectivity index (χ3n) is 3.42. The summed E-state index contributed by atoms with van der Waals surface area (Å²) in [5, 5.41) is 1.83. The average molecular weight is 359 g/mol. The summed E-state index contributed by atoms with van der Waals surface area (Å²) in [6.45, 7) is 0. The number of hydrogen-bond acceptors (Lipinski definition) is 4. The first kappa shape index (κ1) is 14.5. The minimum atomic E-state index is -0.151. The van der Waals surface area contributed by atoms with E-state index in [-0.39, 0.29) is 5.91 Å². The summed E-state index contributed by atoms with van der Waals surface area (Å²) in [5.41, 5.74) is 6.34. The quantitative estimate of drug-likeness (QED) is 0.473. The van der Waals surface area contributed by atoms with Crippen molar-refractivity contribution in [3.8, 4) is 0 Å². The molecule has 0 bridgehead atoms. The molecule has 0 unspecified atom stereocenters. The molecule has 4 rings (SSSR count). The van der Waals surface area contributed by atoms with Crippen molar-refractivity contribution >= 4 is 65.4 Å². The van der Waals surface area contributed by atoms with Gasteiger partial charge in [-0.05, 0) is 30.3 Å². The van der Waals surface area contributed by atoms with Crippen molar-refractivity contribution in [1.82, 2.24) is 5.43 Å². The summed E-state index contributed by atoms with van der Waals surface area (Å²) < 4.78 is 3.56. The molecule has 0 radical (unpaired) electrons. The minimum Gasteiger partial charge on any atom is -0.298 e. The van der Waals surface area contributed by atoms with Crippen LogP contribution in [0.15, 0.2) is 54.6 Å². The minimum absolute atomic E-state index is 0.151. The van der Waals surface area contributed by atoms with Gasteiger partial charge in [0.1, 0.15) is 0 Å². The van der Waals surface area contributed by atoms with Gasteiger partial charge >= 0.3 is 0 Å². The maximum Gasteiger partial charge on any atom is 0.279 e. The molecule has 2 aromatic heterocycles. The Balaban J connectivity index is 1.57. The highest BCUT2D eigenvalue weighted by atomic mass is 35.5. The number of carbonyl (C=O) groups excluding carboxylic acids is 1. The number of anilines is 1. The molecular weight excluding hydrogens is 348 g/mol. The van der Waals surface area contributed by atoms with Gasteiger partial charge in [0, 0.05) is 19.8 Å². The molecule has 1 amide bonds. The van der Waals surface area contributed by atoms with E-state index in [4.69, 9.17) is 11.6 Å². The number of carbonyl (C=O) groups is 1. The Hall–Kier alpha value is -2.08. The zero-order chi connectivity index (χ0) is 15.8. The molecule has 2 heterocycles. The van der Waals surface area contributed by atoms with Crippen LogP contribution in [0.4, 0.5) is 5.69 Å². The number of thiophene rings is 2. The first-order valence-electron chi connectivity index (χ1n) is 6.94. The molecule has 6 heteroatoms. The molecule has 0 saturated carbocycles. The van der Waals surface area contributed by atoms with Crippen LogP contribution in [0.1, 0.15) is 9.67 Å². The van der Waals surface area contributed by atoms with Crippen LogP contribution in [-0.4, -0.2) is 5.91 Å². The van der Waals surface area contributed by atoms with E-state index >= 15 is 0 Å². The number of benzene rings is 2. The van der Waals surface area contributed by atoms with E-state index in [1.807, 2.05) is 30.3 Å². The van der Waals surface area contributed by atoms with Crippen molar-refractivity contribution in [2.45, 2.75) is 0 Å². The highest BCUT2D eigenvalue weighted by Gasteiger charge is 2.14. The monoisotopic (exact) mass is 358 g/mol. The van der Waals surface area contributed by atoms with E-state index in [9.17, 15) is 4.79 Å². The van der Waals surface area contributed by atoms with E-state index in [0.29, 0.717) is 9.90 Å². The van der Waals surface area contributed by atoms with Gasteiger partial charge in [0.15, 0.2) is 0 Å². The predicted molar refractivity (Wildman–Crippen MR) is 99.7 cm³/mol. The SMILES string of the molecule is O=C(NNc1cccc(Cl)c1)c1cc2sc3ccccc3c2s1. The molecule has 4 aromatic rings. The Morgan fingerprint density at radius 3 is 2.70 bits per heavy atom. The van der Waals surface area contributed by atoms with Gasteiger partial charge in [-0.2, -0.15) is 0 Å². The van der Waals surface area contributed by atoms with E-state index in [1.54, 1.807) is 23.5 Å². The largest absolute Gasteiger partial charge is 0.298 e. The highest BCUT2D eigenvalue weighted by molar-refractivity contribution is 7.33. The molecule has 3 nitrogen and oxygen atoms in total. The Morgan fingerprint density at radius 1 is 0.957 bits per heavy atom. The molecular formula is C17H11ClN2OS2. The van der Waals surface area contributed by atoms with Crippen LogP contribution < -0.4 is 10.9 Å². The van der Waals surface area contributed by atoms with Gasteiger partial charge in [0.2, 0.25) is 0 Å². The lowest BCUT2D eigenvalue weighted by atomic mass is 10.2. The van der Waals surface area contributed by atoms with Crippen LogP contribution in [0.25, 0.3) is 19.5 Å². The Morgan fingerprint density at radius 2 is 1.83 bits per heavy atom. The summed E-state index contributed by atoms with van der Waals surface area (Å²) in [6, 6.07) is 17.4. The Kier molecular flexibility index (Phi) is 3.69. The topological polar surface area (TPSA) is 41.1 Å². The number of rotatable bonds is 3. The van der Waals surface area contributed by atoms with Crippen LogP contribution >= 0.6 is 34.3 Å². The van der Waals surface area contributed by atoms with Gasteiger partial charge in [-0.3, -0.25) is 15.6 Å². The Labute approximate surface area is 145 Å². The third kappa shape index (κ3) is 2.79. The summed E-state index contributed by atoms with van der Waals surface area (Å²) in [6.07, 6.45) is 0. The highest BCUT2D eigenvalue weighted by Crippen LogP contribution is 2.39. The number of fused-ring (bicyclic) bond motifs is 3. The van der Waals surface area contributed by atoms with E-state index in [1.165, 1.54) is 26.1 Å². The van der Waals surface area contributed by atoms with Gasteiger partial charge in [-0.15, -0.1) is 22.7 Å². The van der Waals surface area contributed by atoms with Crippen molar-refractivity contribution in [2.24, 2.45) is 0 Å². The number of amides is 1. The lowest BCUT2D eigenvalue weighted by Gasteiger charge is -2.07. The Bertz CT molecular complexity index is 1020. The van der Waals surface area contributed by atoms with Crippen molar-refractivity contribution < 1.29 is 4.79 Å². The molecule has 2 aromatic carbocycles. The summed E-state index contributed by atoms with van der Waals surface area (Å²) >= 11 is 9.14. The normalized spacial score (nSPS) is 11.0. The number of hydrogen-bond donors (Lipinski definition) is 2. The van der Waals surface area contributed by atoms with E-state index in [0.717, 1.165) is 10.4 Å². The summed E-state index contributed by atoms with van der Waals surface area (Å²) in [5.74, 6) is -0.151. The second-order valence-corrected chi connectivity index (χ2v) is 7.56. The number of halogens is 1. The second-order valence-electron chi connectivity index (χ2n) is 4.99. The first-order chi connectivity index (χ1) is 11.2. The predicted octanol–water partition coefficient (Wildman–Crippen LogP) is 5.53. The average Bonchev–Trinajstić information content (AvgIpc) is 3.10. The van der Waals surface area contributed by atoms with Crippen molar-refractivity contribution in [3.05, 3.63) is 64.5 Å². The number of hydrazine groups is 1. The maximum atomic E-state index is 12.3. The van der Waals surface area contributed by atoms with Gasteiger partial charge in [-0.1, -0.05) is 35.9 Å². The van der Waals surface area contributed by atoms with Gasteiger partial charge in [0.05, 0.1) is 15.3 Å². The molecule has 0 atom stereocenters. The van der Waals surface area contributed by atoms with Gasteiger partial charge in [-0.25, -0.2) is 0 Å². The smallest absolute Gasteiger partial charge is 0.279 e. The molecule has 0 spiro atoms. The van der Waals surface area contributed by atoms with Crippen LogP contribution in [0.2, 0.25) is 5.02 Å². The summed E-state index contributed by atoms with van der Waals surface area (Å²) in [7, 11) is 0. The van der Waals surface area contributed by atoms with Crippen LogP contribution in [-0.2, 0) is 0 Å². The van der Waals surface area contributed by atoms with Crippen LogP contribution in [0, 0.1) is 0 Å². The second kappa shape index (κ2) is 5.85. The van der Waals surface area contributed by atoms with Crippen molar-refractivity contribution in [3.63, 3.8) is 0 Å². The molecule has 23 heavy (non-hydrogen) atoms. The zero-order valence-corrected chi connectivity index (χ0v) is 14.2. The molecule has 2 N–H and O–H groups in total. The lowest BCUT2D eigenvalue weighted by molar-refractivity contribution is 0.0967. The fourth-order valence-corrected chi connectivity index (χ4v) is 4.98. The van der Waals surface area contributed by atoms with E-state index < -0.39 is 0 Å². The molecule has 0 aliphatic heterocycles. The number of nitrogens with one attached hydrogen (secondary N) is 2. The van der Waals surface area contributed by atoms with Crippen LogP contribution in [0.3, 0.4) is 0 Å².